The molecule has 0 spiro atoms. The SMILES string of the molecule is C=C(CC(OC)OC)c1ccc(C(=O)OC)cc1. The largest absolute Gasteiger partial charge is 0.465 e. The van der Waals surface area contributed by atoms with Crippen molar-refractivity contribution in [1.29, 1.82) is 0 Å². The fraction of sp³-hybridized carbons (Fsp3) is 0.357. The van der Waals surface area contributed by atoms with Gasteiger partial charge in [-0.05, 0) is 23.3 Å². The normalized spacial score (nSPS) is 10.4. The van der Waals surface area contributed by atoms with Gasteiger partial charge >= 0.3 is 5.97 Å². The van der Waals surface area contributed by atoms with E-state index in [1.54, 1.807) is 26.4 Å². The first-order valence-corrected chi connectivity index (χ1v) is 5.54. The molecule has 0 saturated heterocycles. The van der Waals surface area contributed by atoms with Crippen molar-refractivity contribution in [3.63, 3.8) is 0 Å². The molecular weight excluding hydrogens is 232 g/mol. The van der Waals surface area contributed by atoms with Crippen LogP contribution in [0.1, 0.15) is 22.3 Å². The van der Waals surface area contributed by atoms with E-state index in [4.69, 9.17) is 9.47 Å². The first-order valence-electron chi connectivity index (χ1n) is 5.54. The Morgan fingerprint density at radius 2 is 1.61 bits per heavy atom. The van der Waals surface area contributed by atoms with Crippen molar-refractivity contribution in [3.8, 4) is 0 Å². The summed E-state index contributed by atoms with van der Waals surface area (Å²) in [5, 5.41) is 0. The molecule has 4 heteroatoms. The predicted molar refractivity (Wildman–Crippen MR) is 69.2 cm³/mol. The molecule has 0 fully saturated rings. The minimum Gasteiger partial charge on any atom is -0.465 e. The van der Waals surface area contributed by atoms with Gasteiger partial charge in [-0.15, -0.1) is 0 Å². The van der Waals surface area contributed by atoms with E-state index in [0.29, 0.717) is 12.0 Å². The number of rotatable bonds is 6. The van der Waals surface area contributed by atoms with Gasteiger partial charge in [0, 0.05) is 20.6 Å². The van der Waals surface area contributed by atoms with Gasteiger partial charge in [-0.3, -0.25) is 0 Å². The van der Waals surface area contributed by atoms with Gasteiger partial charge in [-0.25, -0.2) is 4.79 Å². The van der Waals surface area contributed by atoms with Crippen LogP contribution < -0.4 is 0 Å². The van der Waals surface area contributed by atoms with Crippen LogP contribution in [-0.4, -0.2) is 33.6 Å². The van der Waals surface area contributed by atoms with Gasteiger partial charge in [0.2, 0.25) is 0 Å². The first kappa shape index (κ1) is 14.4. The van der Waals surface area contributed by atoms with Crippen LogP contribution in [-0.2, 0) is 14.2 Å². The maximum atomic E-state index is 11.3. The minimum atomic E-state index is -0.348. The van der Waals surface area contributed by atoms with Crippen molar-refractivity contribution in [2.45, 2.75) is 12.7 Å². The quantitative estimate of drug-likeness (QED) is 0.575. The van der Waals surface area contributed by atoms with Gasteiger partial charge in [-0.2, -0.15) is 0 Å². The number of hydrogen-bond donors (Lipinski definition) is 0. The summed E-state index contributed by atoms with van der Waals surface area (Å²) in [7, 11) is 4.53. The van der Waals surface area contributed by atoms with Crippen molar-refractivity contribution in [3.05, 3.63) is 42.0 Å². The van der Waals surface area contributed by atoms with Crippen molar-refractivity contribution < 1.29 is 19.0 Å². The Kier molecular flexibility index (Phi) is 5.55. The molecule has 4 nitrogen and oxygen atoms in total. The van der Waals surface area contributed by atoms with Gasteiger partial charge in [-0.1, -0.05) is 18.7 Å². The molecule has 0 amide bonds. The molecule has 0 bridgehead atoms. The summed E-state index contributed by atoms with van der Waals surface area (Å²) in [4.78, 5) is 11.3. The third-order valence-corrected chi connectivity index (χ3v) is 2.65. The Morgan fingerprint density at radius 3 is 2.06 bits per heavy atom. The number of ether oxygens (including phenoxy) is 3. The van der Waals surface area contributed by atoms with Crippen molar-refractivity contribution in [1.82, 2.24) is 0 Å². The summed E-state index contributed by atoms with van der Waals surface area (Å²) in [6.45, 7) is 3.98. The van der Waals surface area contributed by atoms with E-state index >= 15 is 0 Å². The van der Waals surface area contributed by atoms with Crippen LogP contribution in [0.2, 0.25) is 0 Å². The van der Waals surface area contributed by atoms with Gasteiger partial charge < -0.3 is 14.2 Å². The number of esters is 1. The van der Waals surface area contributed by atoms with E-state index in [9.17, 15) is 4.79 Å². The summed E-state index contributed by atoms with van der Waals surface area (Å²) in [5.74, 6) is -0.348. The second-order valence-electron chi connectivity index (χ2n) is 3.78. The molecule has 0 radical (unpaired) electrons. The number of hydrogen-bond acceptors (Lipinski definition) is 4. The van der Waals surface area contributed by atoms with Crippen LogP contribution in [0.25, 0.3) is 5.57 Å². The second-order valence-corrected chi connectivity index (χ2v) is 3.78. The van der Waals surface area contributed by atoms with Crippen LogP contribution in [0.3, 0.4) is 0 Å². The highest BCUT2D eigenvalue weighted by Gasteiger charge is 2.10. The lowest BCUT2D eigenvalue weighted by Gasteiger charge is -2.15. The van der Waals surface area contributed by atoms with Crippen LogP contribution in [0.15, 0.2) is 30.8 Å². The monoisotopic (exact) mass is 250 g/mol. The Balaban J connectivity index is 2.73. The van der Waals surface area contributed by atoms with Crippen molar-refractivity contribution in [2.24, 2.45) is 0 Å². The lowest BCUT2D eigenvalue weighted by atomic mass is 10.0. The summed E-state index contributed by atoms with van der Waals surface area (Å²) < 4.78 is 14.9. The molecule has 18 heavy (non-hydrogen) atoms. The molecule has 0 heterocycles. The standard InChI is InChI=1S/C14H18O4/c1-10(9-13(16-2)17-3)11-5-7-12(8-6-11)14(15)18-4/h5-8,13H,1,9H2,2-4H3. The van der Waals surface area contributed by atoms with Crippen molar-refractivity contribution in [2.75, 3.05) is 21.3 Å². The third-order valence-electron chi connectivity index (χ3n) is 2.65. The molecule has 0 aliphatic rings. The van der Waals surface area contributed by atoms with E-state index in [1.807, 2.05) is 12.1 Å². The minimum absolute atomic E-state index is 0.308. The topological polar surface area (TPSA) is 44.8 Å². The van der Waals surface area contributed by atoms with E-state index in [-0.39, 0.29) is 12.3 Å². The summed E-state index contributed by atoms with van der Waals surface area (Å²) >= 11 is 0. The maximum Gasteiger partial charge on any atom is 0.337 e. The molecule has 1 aromatic carbocycles. The lowest BCUT2D eigenvalue weighted by molar-refractivity contribution is -0.0971. The zero-order valence-electron chi connectivity index (χ0n) is 10.9. The maximum absolute atomic E-state index is 11.3. The van der Waals surface area contributed by atoms with Crippen LogP contribution in [0.4, 0.5) is 0 Å². The van der Waals surface area contributed by atoms with Crippen molar-refractivity contribution >= 4 is 11.5 Å². The summed E-state index contributed by atoms with van der Waals surface area (Å²) in [6, 6.07) is 7.08. The lowest BCUT2D eigenvalue weighted by Crippen LogP contribution is -2.13. The molecule has 0 atom stereocenters. The van der Waals surface area contributed by atoms with E-state index in [0.717, 1.165) is 11.1 Å². The van der Waals surface area contributed by atoms with Crippen LogP contribution in [0, 0.1) is 0 Å². The number of carbonyl (C=O) groups is 1. The molecule has 0 saturated carbocycles. The Bertz CT molecular complexity index is 404. The average molecular weight is 250 g/mol. The highest BCUT2D eigenvalue weighted by molar-refractivity contribution is 5.89. The molecule has 0 aliphatic carbocycles. The number of methoxy groups -OCH3 is 3. The summed E-state index contributed by atoms with van der Waals surface area (Å²) in [5.41, 5.74) is 2.35. The fourth-order valence-electron chi connectivity index (χ4n) is 1.54. The molecule has 1 rings (SSSR count). The Hall–Kier alpha value is -1.65. The summed E-state index contributed by atoms with van der Waals surface area (Å²) in [6.07, 6.45) is 0.266. The molecule has 0 N–H and O–H groups in total. The first-order chi connectivity index (χ1) is 8.62. The highest BCUT2D eigenvalue weighted by Crippen LogP contribution is 2.20. The van der Waals surface area contributed by atoms with Gasteiger partial charge in [0.25, 0.3) is 0 Å². The predicted octanol–water partition coefficient (Wildman–Crippen LogP) is 2.50. The van der Waals surface area contributed by atoms with E-state index < -0.39 is 0 Å². The molecule has 98 valence electrons. The molecule has 0 aromatic heterocycles. The fourth-order valence-corrected chi connectivity index (χ4v) is 1.54. The van der Waals surface area contributed by atoms with Gasteiger partial charge in [0.15, 0.2) is 6.29 Å². The molecular formula is C14H18O4. The number of benzene rings is 1. The molecule has 1 aromatic rings. The van der Waals surface area contributed by atoms with Gasteiger partial charge in [0.1, 0.15) is 0 Å². The van der Waals surface area contributed by atoms with E-state index in [1.165, 1.54) is 7.11 Å². The number of carbonyl (C=O) groups excluding carboxylic acids is 1. The van der Waals surface area contributed by atoms with Gasteiger partial charge in [0.05, 0.1) is 12.7 Å². The Labute approximate surface area is 107 Å². The highest BCUT2D eigenvalue weighted by atomic mass is 16.7. The third kappa shape index (κ3) is 3.68. The van der Waals surface area contributed by atoms with Crippen LogP contribution in [0.5, 0.6) is 0 Å². The van der Waals surface area contributed by atoms with Crippen LogP contribution >= 0.6 is 0 Å². The molecule has 0 aliphatic heterocycles. The average Bonchev–Trinajstić information content (AvgIpc) is 2.43. The van der Waals surface area contributed by atoms with E-state index in [2.05, 4.69) is 11.3 Å². The zero-order valence-corrected chi connectivity index (χ0v) is 10.9. The smallest absolute Gasteiger partial charge is 0.337 e. The molecule has 0 unspecified atom stereocenters. The Morgan fingerprint density at radius 1 is 1.11 bits per heavy atom. The zero-order chi connectivity index (χ0) is 13.5. The second kappa shape index (κ2) is 6.93.